The Hall–Kier alpha value is -3.21. The summed E-state index contributed by atoms with van der Waals surface area (Å²) in [6.07, 6.45) is 2.92. The highest BCUT2D eigenvalue weighted by atomic mass is 35.5. The van der Waals surface area contributed by atoms with Crippen molar-refractivity contribution in [3.8, 4) is 5.75 Å². The zero-order valence-electron chi connectivity index (χ0n) is 20.6. The number of hydrogen-bond acceptors (Lipinski definition) is 7. The Bertz CT molecular complexity index is 1220. The van der Waals surface area contributed by atoms with Gasteiger partial charge in [0.2, 0.25) is 0 Å². The van der Waals surface area contributed by atoms with Gasteiger partial charge in [-0.25, -0.2) is 19.2 Å². The van der Waals surface area contributed by atoms with Crippen LogP contribution in [0.5, 0.6) is 5.75 Å². The molecule has 0 saturated carbocycles. The molecule has 192 valence electrons. The SMILES string of the molecule is CN(C)CCCN(C)C(=O)Nc1cc2c(Nc3ccc(F)c(Cl)c3)ncnc2cc1O[C@H]1CCOC1. The first-order valence-electron chi connectivity index (χ1n) is 11.7. The predicted octanol–water partition coefficient (Wildman–Crippen LogP) is 4.75. The fourth-order valence-corrected chi connectivity index (χ4v) is 3.99. The normalized spacial score (nSPS) is 15.3. The molecule has 0 aliphatic carbocycles. The minimum absolute atomic E-state index is 0.00177. The second-order valence-corrected chi connectivity index (χ2v) is 9.36. The van der Waals surface area contributed by atoms with E-state index in [1.807, 2.05) is 14.1 Å². The molecule has 9 nitrogen and oxygen atoms in total. The van der Waals surface area contributed by atoms with Gasteiger partial charge in [-0.2, -0.15) is 0 Å². The van der Waals surface area contributed by atoms with Gasteiger partial charge in [0.25, 0.3) is 0 Å². The first kappa shape index (κ1) is 25.9. The zero-order valence-corrected chi connectivity index (χ0v) is 21.3. The van der Waals surface area contributed by atoms with E-state index in [-0.39, 0.29) is 17.2 Å². The third-order valence-corrected chi connectivity index (χ3v) is 6.08. The largest absolute Gasteiger partial charge is 0.486 e. The molecule has 0 radical (unpaired) electrons. The molecule has 0 spiro atoms. The van der Waals surface area contributed by atoms with Crippen molar-refractivity contribution >= 4 is 45.7 Å². The molecule has 1 atom stereocenters. The summed E-state index contributed by atoms with van der Waals surface area (Å²) in [7, 11) is 5.75. The second kappa shape index (κ2) is 11.7. The van der Waals surface area contributed by atoms with Gasteiger partial charge >= 0.3 is 6.03 Å². The van der Waals surface area contributed by atoms with Crippen LogP contribution < -0.4 is 15.4 Å². The first-order chi connectivity index (χ1) is 17.3. The third-order valence-electron chi connectivity index (χ3n) is 5.79. The molecule has 0 bridgehead atoms. The van der Waals surface area contributed by atoms with E-state index in [0.717, 1.165) is 19.4 Å². The molecule has 1 aromatic heterocycles. The lowest BCUT2D eigenvalue weighted by molar-refractivity contribution is 0.142. The average Bonchev–Trinajstić information content (AvgIpc) is 3.35. The summed E-state index contributed by atoms with van der Waals surface area (Å²) in [6, 6.07) is 7.63. The number of amides is 2. The van der Waals surface area contributed by atoms with Crippen LogP contribution in [0.4, 0.5) is 26.4 Å². The van der Waals surface area contributed by atoms with Crippen molar-refractivity contribution in [3.63, 3.8) is 0 Å². The van der Waals surface area contributed by atoms with Crippen molar-refractivity contribution in [1.82, 2.24) is 19.8 Å². The van der Waals surface area contributed by atoms with Crippen LogP contribution in [0.2, 0.25) is 5.02 Å². The van der Waals surface area contributed by atoms with Gasteiger partial charge in [-0.3, -0.25) is 0 Å². The number of carbonyl (C=O) groups excluding carboxylic acids is 1. The standard InChI is InChI=1S/C25H30ClFN6O3/c1-32(2)8-4-9-33(3)25(34)31-22-12-18-21(13-23(22)36-17-7-10-35-14-17)28-15-29-24(18)30-16-5-6-20(27)19(26)11-16/h5-6,11-13,15,17H,4,7-10,14H2,1-3H3,(H,31,34)(H,28,29,30)/t17-/m0/s1. The van der Waals surface area contributed by atoms with E-state index in [9.17, 15) is 9.18 Å². The Morgan fingerprint density at radius 3 is 2.78 bits per heavy atom. The Morgan fingerprint density at radius 2 is 2.06 bits per heavy atom. The quantitative estimate of drug-likeness (QED) is 0.424. The van der Waals surface area contributed by atoms with E-state index in [0.29, 0.717) is 53.6 Å². The molecule has 11 heteroatoms. The first-order valence-corrected chi connectivity index (χ1v) is 12.1. The van der Waals surface area contributed by atoms with Gasteiger partial charge in [0, 0.05) is 37.2 Å². The molecule has 3 aromatic rings. The molecular weight excluding hydrogens is 487 g/mol. The number of hydrogen-bond donors (Lipinski definition) is 2. The fraction of sp³-hybridized carbons (Fsp3) is 0.400. The van der Waals surface area contributed by atoms with E-state index >= 15 is 0 Å². The summed E-state index contributed by atoms with van der Waals surface area (Å²) in [5.41, 5.74) is 1.68. The number of fused-ring (bicyclic) bond motifs is 1. The smallest absolute Gasteiger partial charge is 0.321 e. The zero-order chi connectivity index (χ0) is 25.7. The molecule has 1 saturated heterocycles. The lowest BCUT2D eigenvalue weighted by Gasteiger charge is -2.22. The monoisotopic (exact) mass is 516 g/mol. The Morgan fingerprint density at radius 1 is 1.22 bits per heavy atom. The van der Waals surface area contributed by atoms with E-state index in [4.69, 9.17) is 21.1 Å². The average molecular weight is 517 g/mol. The third kappa shape index (κ3) is 6.51. The lowest BCUT2D eigenvalue weighted by Crippen LogP contribution is -2.33. The minimum atomic E-state index is -0.507. The maximum atomic E-state index is 13.6. The fourth-order valence-electron chi connectivity index (χ4n) is 3.81. The van der Waals surface area contributed by atoms with Crippen molar-refractivity contribution in [1.29, 1.82) is 0 Å². The highest BCUT2D eigenvalue weighted by Gasteiger charge is 2.21. The Kier molecular flexibility index (Phi) is 8.40. The van der Waals surface area contributed by atoms with E-state index < -0.39 is 5.82 Å². The molecule has 1 aliphatic rings. The lowest BCUT2D eigenvalue weighted by atomic mass is 10.1. The van der Waals surface area contributed by atoms with E-state index in [1.165, 1.54) is 18.5 Å². The predicted molar refractivity (Wildman–Crippen MR) is 139 cm³/mol. The van der Waals surface area contributed by atoms with Gasteiger partial charge < -0.3 is 29.9 Å². The number of carbonyl (C=O) groups is 1. The van der Waals surface area contributed by atoms with Crippen molar-refractivity contribution in [2.24, 2.45) is 0 Å². The summed E-state index contributed by atoms with van der Waals surface area (Å²) < 4.78 is 25.2. The number of anilines is 3. The van der Waals surface area contributed by atoms with E-state index in [2.05, 4.69) is 25.5 Å². The number of ether oxygens (including phenoxy) is 2. The molecular formula is C25H30ClFN6O3. The van der Waals surface area contributed by atoms with Crippen LogP contribution in [0.25, 0.3) is 10.9 Å². The van der Waals surface area contributed by atoms with Crippen molar-refractivity contribution in [3.05, 3.63) is 47.5 Å². The van der Waals surface area contributed by atoms with Crippen LogP contribution in [0.15, 0.2) is 36.7 Å². The number of rotatable bonds is 9. The number of halogens is 2. The van der Waals surface area contributed by atoms with Gasteiger partial charge in [0.05, 0.1) is 29.4 Å². The summed E-state index contributed by atoms with van der Waals surface area (Å²) in [5, 5.41) is 6.78. The molecule has 36 heavy (non-hydrogen) atoms. The topological polar surface area (TPSA) is 91.9 Å². The van der Waals surface area contributed by atoms with Crippen molar-refractivity contribution < 1.29 is 18.7 Å². The molecule has 2 aromatic carbocycles. The highest BCUT2D eigenvalue weighted by molar-refractivity contribution is 6.31. The second-order valence-electron chi connectivity index (χ2n) is 8.95. The molecule has 4 rings (SSSR count). The number of urea groups is 1. The van der Waals surface area contributed by atoms with Gasteiger partial charge in [-0.15, -0.1) is 0 Å². The van der Waals surface area contributed by atoms with E-state index in [1.54, 1.807) is 30.1 Å². The Balaban J connectivity index is 1.64. The van der Waals surface area contributed by atoms with Crippen LogP contribution in [-0.4, -0.2) is 79.3 Å². The summed E-state index contributed by atoms with van der Waals surface area (Å²) in [4.78, 5) is 25.4. The number of nitrogens with zero attached hydrogens (tertiary/aromatic N) is 4. The van der Waals surface area contributed by atoms with Crippen molar-refractivity contribution in [2.45, 2.75) is 18.9 Å². The molecule has 1 aliphatic heterocycles. The number of aromatic nitrogens is 2. The van der Waals surface area contributed by atoms with Crippen LogP contribution in [0.1, 0.15) is 12.8 Å². The van der Waals surface area contributed by atoms with Crippen molar-refractivity contribution in [2.75, 3.05) is 58.1 Å². The molecule has 2 amide bonds. The molecule has 2 N–H and O–H groups in total. The maximum absolute atomic E-state index is 13.6. The molecule has 1 fully saturated rings. The number of nitrogens with one attached hydrogen (secondary N) is 2. The van der Waals surface area contributed by atoms with Gasteiger partial charge in [0.15, 0.2) is 0 Å². The van der Waals surface area contributed by atoms with Gasteiger partial charge in [-0.1, -0.05) is 11.6 Å². The minimum Gasteiger partial charge on any atom is -0.486 e. The number of benzene rings is 2. The molecule has 0 unspecified atom stereocenters. The summed E-state index contributed by atoms with van der Waals surface area (Å²) in [6.45, 7) is 2.59. The molecule has 2 heterocycles. The summed E-state index contributed by atoms with van der Waals surface area (Å²) >= 11 is 5.94. The summed E-state index contributed by atoms with van der Waals surface area (Å²) in [5.74, 6) is 0.475. The van der Waals surface area contributed by atoms with Gasteiger partial charge in [0.1, 0.15) is 29.8 Å². The van der Waals surface area contributed by atoms with Crippen LogP contribution in [0.3, 0.4) is 0 Å². The van der Waals surface area contributed by atoms with Crippen LogP contribution in [0, 0.1) is 5.82 Å². The van der Waals surface area contributed by atoms with Crippen LogP contribution >= 0.6 is 11.6 Å². The highest BCUT2D eigenvalue weighted by Crippen LogP contribution is 2.35. The maximum Gasteiger partial charge on any atom is 0.321 e. The Labute approximate surface area is 214 Å². The van der Waals surface area contributed by atoms with Gasteiger partial charge in [-0.05, 0) is 51.3 Å². The van der Waals surface area contributed by atoms with Crippen LogP contribution in [-0.2, 0) is 4.74 Å².